The van der Waals surface area contributed by atoms with Crippen LogP contribution in [0.4, 0.5) is 5.69 Å². The van der Waals surface area contributed by atoms with Gasteiger partial charge in [0.25, 0.3) is 0 Å². The van der Waals surface area contributed by atoms with Crippen molar-refractivity contribution in [3.8, 4) is 5.75 Å². The Hall–Kier alpha value is -2.54. The molecule has 0 radical (unpaired) electrons. The van der Waals surface area contributed by atoms with Crippen molar-refractivity contribution in [3.05, 3.63) is 59.7 Å². The van der Waals surface area contributed by atoms with Crippen molar-refractivity contribution in [2.45, 2.75) is 26.4 Å². The van der Waals surface area contributed by atoms with Gasteiger partial charge in [0.15, 0.2) is 0 Å². The topological polar surface area (TPSA) is 66.9 Å². The van der Waals surface area contributed by atoms with E-state index in [0.717, 1.165) is 23.1 Å². The number of sulfonamides is 1. The number of nitrogens with zero attached hydrogens (tertiary/aromatic N) is 2. The highest BCUT2D eigenvalue weighted by Crippen LogP contribution is 2.23. The van der Waals surface area contributed by atoms with Gasteiger partial charge in [-0.25, -0.2) is 8.42 Å². The molecule has 0 aliphatic heterocycles. The van der Waals surface area contributed by atoms with Gasteiger partial charge < -0.3 is 9.64 Å². The Morgan fingerprint density at radius 1 is 1.15 bits per heavy atom. The minimum Gasteiger partial charge on any atom is -0.497 e. The Morgan fingerprint density at radius 2 is 1.78 bits per heavy atom. The standard InChI is InChI=1S/C20H26N2O4S/c1-15-7-6-8-18(13-15)22(27(5,24)25)16(2)20(23)21(3)14-17-9-11-19(26-4)12-10-17/h6-13,16H,14H2,1-5H3. The number of amides is 1. The zero-order chi connectivity index (χ0) is 20.2. The van der Waals surface area contributed by atoms with Gasteiger partial charge in [-0.15, -0.1) is 0 Å². The lowest BCUT2D eigenvalue weighted by Crippen LogP contribution is -2.48. The first-order valence-corrected chi connectivity index (χ1v) is 10.4. The smallest absolute Gasteiger partial charge is 0.246 e. The molecule has 7 heteroatoms. The average molecular weight is 391 g/mol. The fourth-order valence-electron chi connectivity index (χ4n) is 2.97. The molecule has 0 fully saturated rings. The second-order valence-electron chi connectivity index (χ2n) is 6.62. The van der Waals surface area contributed by atoms with Crippen LogP contribution in [0.2, 0.25) is 0 Å². The van der Waals surface area contributed by atoms with E-state index in [1.165, 1.54) is 9.21 Å². The van der Waals surface area contributed by atoms with Gasteiger partial charge in [-0.3, -0.25) is 9.10 Å². The highest BCUT2D eigenvalue weighted by atomic mass is 32.2. The Morgan fingerprint density at radius 3 is 2.30 bits per heavy atom. The van der Waals surface area contributed by atoms with E-state index >= 15 is 0 Å². The molecule has 0 N–H and O–H groups in total. The minimum atomic E-state index is -3.63. The summed E-state index contributed by atoms with van der Waals surface area (Å²) >= 11 is 0. The molecule has 0 heterocycles. The summed E-state index contributed by atoms with van der Waals surface area (Å²) in [6, 6.07) is 13.7. The lowest BCUT2D eigenvalue weighted by Gasteiger charge is -2.31. The van der Waals surface area contributed by atoms with Crippen LogP contribution in [0, 0.1) is 6.92 Å². The fourth-order valence-corrected chi connectivity index (χ4v) is 4.13. The fraction of sp³-hybridized carbons (Fsp3) is 0.350. The molecule has 0 spiro atoms. The number of aryl methyl sites for hydroxylation is 1. The molecule has 0 saturated heterocycles. The molecule has 2 aromatic carbocycles. The maximum atomic E-state index is 12.9. The molecule has 0 aliphatic rings. The monoisotopic (exact) mass is 390 g/mol. The Bertz CT molecular complexity index is 894. The number of ether oxygens (including phenoxy) is 1. The number of carbonyl (C=O) groups is 1. The second-order valence-corrected chi connectivity index (χ2v) is 8.48. The van der Waals surface area contributed by atoms with Crippen LogP contribution >= 0.6 is 0 Å². The average Bonchev–Trinajstić information content (AvgIpc) is 2.60. The van der Waals surface area contributed by atoms with Crippen molar-refractivity contribution in [2.24, 2.45) is 0 Å². The van der Waals surface area contributed by atoms with Crippen LogP contribution in [-0.2, 0) is 21.4 Å². The molecule has 6 nitrogen and oxygen atoms in total. The van der Waals surface area contributed by atoms with E-state index in [2.05, 4.69) is 0 Å². The number of hydrogen-bond acceptors (Lipinski definition) is 4. The van der Waals surface area contributed by atoms with Crippen molar-refractivity contribution in [3.63, 3.8) is 0 Å². The van der Waals surface area contributed by atoms with E-state index in [4.69, 9.17) is 4.74 Å². The molecule has 0 bridgehead atoms. The second kappa shape index (κ2) is 8.43. The number of likely N-dealkylation sites (N-methyl/N-ethyl adjacent to an activating group) is 1. The number of anilines is 1. The van der Waals surface area contributed by atoms with Crippen molar-refractivity contribution in [2.75, 3.05) is 24.7 Å². The van der Waals surface area contributed by atoms with Gasteiger partial charge in [0.05, 0.1) is 19.1 Å². The van der Waals surface area contributed by atoms with E-state index in [1.54, 1.807) is 39.3 Å². The molecular weight excluding hydrogens is 364 g/mol. The highest BCUT2D eigenvalue weighted by molar-refractivity contribution is 7.92. The van der Waals surface area contributed by atoms with Crippen molar-refractivity contribution < 1.29 is 17.9 Å². The third-order valence-electron chi connectivity index (χ3n) is 4.28. The number of rotatable bonds is 7. The highest BCUT2D eigenvalue weighted by Gasteiger charge is 2.31. The van der Waals surface area contributed by atoms with E-state index in [-0.39, 0.29) is 5.91 Å². The first kappa shape index (κ1) is 20.8. The first-order chi connectivity index (χ1) is 12.6. The Kier molecular flexibility index (Phi) is 6.49. The zero-order valence-corrected chi connectivity index (χ0v) is 17.2. The number of methoxy groups -OCH3 is 1. The molecular formula is C20H26N2O4S. The predicted octanol–water partition coefficient (Wildman–Crippen LogP) is 2.82. The van der Waals surface area contributed by atoms with Gasteiger partial charge in [-0.2, -0.15) is 0 Å². The SMILES string of the molecule is COc1ccc(CN(C)C(=O)C(C)N(c2cccc(C)c2)S(C)(=O)=O)cc1. The molecule has 0 aromatic heterocycles. The molecule has 1 atom stereocenters. The van der Waals surface area contributed by atoms with Gasteiger partial charge >= 0.3 is 0 Å². The summed E-state index contributed by atoms with van der Waals surface area (Å²) in [7, 11) is -0.364. The van der Waals surface area contributed by atoms with Crippen LogP contribution in [0.3, 0.4) is 0 Å². The molecule has 146 valence electrons. The summed E-state index contributed by atoms with van der Waals surface area (Å²) in [5.74, 6) is 0.460. The normalized spacial score (nSPS) is 12.3. The molecule has 0 saturated carbocycles. The molecule has 1 amide bonds. The van der Waals surface area contributed by atoms with Crippen LogP contribution in [0.25, 0.3) is 0 Å². The Labute approximate surface area is 161 Å². The summed E-state index contributed by atoms with van der Waals surface area (Å²) in [5.41, 5.74) is 2.34. The van der Waals surface area contributed by atoms with Crippen LogP contribution < -0.4 is 9.04 Å². The number of hydrogen-bond donors (Lipinski definition) is 0. The van der Waals surface area contributed by atoms with E-state index in [0.29, 0.717) is 12.2 Å². The minimum absolute atomic E-state index is 0.280. The summed E-state index contributed by atoms with van der Waals surface area (Å²) in [6.45, 7) is 3.86. The predicted molar refractivity (Wildman–Crippen MR) is 107 cm³/mol. The molecule has 27 heavy (non-hydrogen) atoms. The van der Waals surface area contributed by atoms with Gasteiger partial charge in [0.2, 0.25) is 15.9 Å². The molecule has 2 rings (SSSR count). The summed E-state index contributed by atoms with van der Waals surface area (Å²) in [6.07, 6.45) is 1.11. The molecule has 1 unspecified atom stereocenters. The molecule has 0 aliphatic carbocycles. The van der Waals surface area contributed by atoms with Crippen LogP contribution in [-0.4, -0.2) is 45.7 Å². The lowest BCUT2D eigenvalue weighted by atomic mass is 10.1. The Balaban J connectivity index is 2.23. The van der Waals surface area contributed by atoms with Crippen molar-refractivity contribution in [1.29, 1.82) is 0 Å². The van der Waals surface area contributed by atoms with Crippen molar-refractivity contribution >= 4 is 21.6 Å². The maximum absolute atomic E-state index is 12.9. The summed E-state index contributed by atoms with van der Waals surface area (Å²) in [4.78, 5) is 14.4. The maximum Gasteiger partial charge on any atom is 0.246 e. The largest absolute Gasteiger partial charge is 0.497 e. The van der Waals surface area contributed by atoms with Crippen LogP contribution in [0.5, 0.6) is 5.75 Å². The van der Waals surface area contributed by atoms with E-state index < -0.39 is 16.1 Å². The number of carbonyl (C=O) groups excluding carboxylic acids is 1. The van der Waals surface area contributed by atoms with Crippen molar-refractivity contribution in [1.82, 2.24) is 4.90 Å². The third-order valence-corrected chi connectivity index (χ3v) is 5.52. The van der Waals surface area contributed by atoms with Gasteiger partial charge in [0, 0.05) is 13.6 Å². The van der Waals surface area contributed by atoms with E-state index in [1.807, 2.05) is 37.3 Å². The zero-order valence-electron chi connectivity index (χ0n) is 16.3. The quantitative estimate of drug-likeness (QED) is 0.729. The third kappa shape index (κ3) is 5.23. The van der Waals surface area contributed by atoms with Gasteiger partial charge in [0.1, 0.15) is 11.8 Å². The molecule has 2 aromatic rings. The van der Waals surface area contributed by atoms with Gasteiger partial charge in [-0.05, 0) is 49.2 Å². The van der Waals surface area contributed by atoms with Crippen LogP contribution in [0.1, 0.15) is 18.1 Å². The first-order valence-electron chi connectivity index (χ1n) is 8.57. The van der Waals surface area contributed by atoms with E-state index in [9.17, 15) is 13.2 Å². The van der Waals surface area contributed by atoms with Crippen LogP contribution in [0.15, 0.2) is 48.5 Å². The van der Waals surface area contributed by atoms with Gasteiger partial charge in [-0.1, -0.05) is 24.3 Å². The number of benzene rings is 2. The summed E-state index contributed by atoms with van der Waals surface area (Å²) < 4.78 is 31.1. The lowest BCUT2D eigenvalue weighted by molar-refractivity contribution is -0.131. The summed E-state index contributed by atoms with van der Waals surface area (Å²) in [5, 5.41) is 0.